The predicted octanol–water partition coefficient (Wildman–Crippen LogP) is 0.960. The molecule has 1 heterocycles. The van der Waals surface area contributed by atoms with E-state index in [2.05, 4.69) is 5.32 Å². The maximum atomic E-state index is 12.0. The van der Waals surface area contributed by atoms with E-state index in [-0.39, 0.29) is 6.42 Å². The van der Waals surface area contributed by atoms with Gasteiger partial charge in [0.15, 0.2) is 0 Å². The van der Waals surface area contributed by atoms with Crippen molar-refractivity contribution < 1.29 is 19.5 Å². The Kier molecular flexibility index (Phi) is 3.18. The third kappa shape index (κ3) is 1.99. The maximum absolute atomic E-state index is 12.0. The van der Waals surface area contributed by atoms with E-state index in [0.717, 1.165) is 4.90 Å². The van der Waals surface area contributed by atoms with Crippen molar-refractivity contribution >= 4 is 17.9 Å². The first-order valence-corrected chi connectivity index (χ1v) is 5.57. The second kappa shape index (κ2) is 4.01. The quantitative estimate of drug-likeness (QED) is 0.719. The normalized spacial score (nSPS) is 22.2. The summed E-state index contributed by atoms with van der Waals surface area (Å²) in [5.41, 5.74) is -2.52. The maximum Gasteiger partial charge on any atom is 0.329 e. The number of carbonyl (C=O) groups excluding carboxylic acids is 2. The number of imide groups is 1. The van der Waals surface area contributed by atoms with Crippen LogP contribution in [0.15, 0.2) is 0 Å². The largest absolute Gasteiger partial charge is 0.479 e. The Bertz CT molecular complexity index is 378. The molecule has 1 unspecified atom stereocenters. The number of amides is 3. The number of carbonyl (C=O) groups is 3. The molecule has 0 aromatic carbocycles. The lowest BCUT2D eigenvalue weighted by atomic mass is 9.93. The molecule has 1 atom stereocenters. The second-order valence-corrected chi connectivity index (χ2v) is 5.02. The second-order valence-electron chi connectivity index (χ2n) is 5.02. The fourth-order valence-corrected chi connectivity index (χ4v) is 2.00. The number of aliphatic carboxylic acids is 1. The highest BCUT2D eigenvalue weighted by Gasteiger charge is 2.54. The van der Waals surface area contributed by atoms with Crippen molar-refractivity contribution in [2.24, 2.45) is 0 Å². The monoisotopic (exact) mass is 242 g/mol. The highest BCUT2D eigenvalue weighted by molar-refractivity contribution is 6.09. The number of carboxylic acids is 1. The van der Waals surface area contributed by atoms with E-state index in [1.165, 1.54) is 6.92 Å². The fourth-order valence-electron chi connectivity index (χ4n) is 2.00. The van der Waals surface area contributed by atoms with Crippen LogP contribution < -0.4 is 5.32 Å². The molecular weight excluding hydrogens is 224 g/mol. The molecule has 0 aromatic heterocycles. The zero-order valence-corrected chi connectivity index (χ0v) is 10.5. The van der Waals surface area contributed by atoms with Gasteiger partial charge in [-0.05, 0) is 27.2 Å². The summed E-state index contributed by atoms with van der Waals surface area (Å²) in [6, 6.07) is -0.640. The number of nitrogens with zero attached hydrogens (tertiary/aromatic N) is 1. The zero-order chi connectivity index (χ0) is 13.4. The topological polar surface area (TPSA) is 86.7 Å². The fraction of sp³-hybridized carbons (Fsp3) is 0.727. The van der Waals surface area contributed by atoms with Crippen molar-refractivity contribution in [1.29, 1.82) is 0 Å². The average Bonchev–Trinajstić information content (AvgIpc) is 2.36. The number of hydrogen-bond acceptors (Lipinski definition) is 3. The lowest BCUT2D eigenvalue weighted by Gasteiger charge is -2.32. The highest BCUT2D eigenvalue weighted by Crippen LogP contribution is 2.29. The Morgan fingerprint density at radius 2 is 2.00 bits per heavy atom. The van der Waals surface area contributed by atoms with Gasteiger partial charge in [-0.2, -0.15) is 0 Å². The van der Waals surface area contributed by atoms with Gasteiger partial charge in [-0.25, -0.2) is 14.5 Å². The third-order valence-corrected chi connectivity index (χ3v) is 3.05. The number of carboxylic acid groups (broad SMARTS) is 1. The lowest BCUT2D eigenvalue weighted by molar-refractivity contribution is -0.154. The van der Waals surface area contributed by atoms with E-state index in [1.807, 2.05) is 6.92 Å². The van der Waals surface area contributed by atoms with E-state index >= 15 is 0 Å². The van der Waals surface area contributed by atoms with Crippen molar-refractivity contribution in [1.82, 2.24) is 10.2 Å². The van der Waals surface area contributed by atoms with Gasteiger partial charge >= 0.3 is 12.0 Å². The minimum absolute atomic E-state index is 0.234. The molecule has 0 aromatic rings. The van der Waals surface area contributed by atoms with Crippen LogP contribution in [0.5, 0.6) is 0 Å². The minimum atomic E-state index is -1.48. The van der Waals surface area contributed by atoms with Crippen LogP contribution in [0.1, 0.15) is 40.5 Å². The summed E-state index contributed by atoms with van der Waals surface area (Å²) in [4.78, 5) is 36.0. The molecule has 6 nitrogen and oxygen atoms in total. The minimum Gasteiger partial charge on any atom is -0.479 e. The Balaban J connectivity index is 3.17. The Morgan fingerprint density at radius 1 is 1.47 bits per heavy atom. The van der Waals surface area contributed by atoms with Gasteiger partial charge in [0.2, 0.25) is 0 Å². The third-order valence-electron chi connectivity index (χ3n) is 3.05. The molecule has 1 fully saturated rings. The van der Waals surface area contributed by atoms with E-state index in [9.17, 15) is 19.5 Å². The van der Waals surface area contributed by atoms with Gasteiger partial charge in [0.05, 0.1) is 0 Å². The van der Waals surface area contributed by atoms with Gasteiger partial charge < -0.3 is 10.4 Å². The molecule has 2 N–H and O–H groups in total. The molecule has 1 aliphatic rings. The SMILES string of the molecule is CCCC(C)(C(=O)O)N1C(=O)NC(C)(C)C1=O. The molecule has 1 rings (SSSR count). The van der Waals surface area contributed by atoms with Crippen molar-refractivity contribution in [3.05, 3.63) is 0 Å². The van der Waals surface area contributed by atoms with Gasteiger partial charge in [-0.3, -0.25) is 4.79 Å². The Hall–Kier alpha value is -1.59. The van der Waals surface area contributed by atoms with Crippen molar-refractivity contribution in [2.45, 2.75) is 51.6 Å². The molecule has 6 heteroatoms. The number of hydrogen-bond donors (Lipinski definition) is 2. The van der Waals surface area contributed by atoms with Crippen LogP contribution in [0, 0.1) is 0 Å². The molecule has 0 aliphatic carbocycles. The standard InChI is InChI=1S/C11H18N2O4/c1-5-6-11(4,8(15)16)13-7(14)10(2,3)12-9(13)17/h5-6H2,1-4H3,(H,12,17)(H,15,16). The number of nitrogens with one attached hydrogen (secondary N) is 1. The van der Waals surface area contributed by atoms with Crippen LogP contribution in [-0.2, 0) is 9.59 Å². The van der Waals surface area contributed by atoms with Gasteiger partial charge in [0.1, 0.15) is 11.1 Å². The molecule has 3 amide bonds. The van der Waals surface area contributed by atoms with Crippen molar-refractivity contribution in [2.75, 3.05) is 0 Å². The molecule has 0 spiro atoms. The number of urea groups is 1. The molecular formula is C11H18N2O4. The van der Waals surface area contributed by atoms with Crippen LogP contribution in [-0.4, -0.2) is 39.0 Å². The molecule has 1 aliphatic heterocycles. The smallest absolute Gasteiger partial charge is 0.329 e. The van der Waals surface area contributed by atoms with E-state index in [0.29, 0.717) is 6.42 Å². The zero-order valence-electron chi connectivity index (χ0n) is 10.5. The Morgan fingerprint density at radius 3 is 2.29 bits per heavy atom. The summed E-state index contributed by atoms with van der Waals surface area (Å²) in [6.45, 7) is 6.32. The molecule has 17 heavy (non-hydrogen) atoms. The molecule has 0 bridgehead atoms. The van der Waals surface area contributed by atoms with Crippen LogP contribution in [0.3, 0.4) is 0 Å². The lowest BCUT2D eigenvalue weighted by Crippen LogP contribution is -2.56. The summed E-state index contributed by atoms with van der Waals surface area (Å²) in [5, 5.41) is 11.7. The van der Waals surface area contributed by atoms with Crippen molar-refractivity contribution in [3.63, 3.8) is 0 Å². The molecule has 0 saturated carbocycles. The Labute approximate surface area is 100.0 Å². The van der Waals surface area contributed by atoms with Crippen LogP contribution in [0.4, 0.5) is 4.79 Å². The summed E-state index contributed by atoms with van der Waals surface area (Å²) in [7, 11) is 0. The van der Waals surface area contributed by atoms with E-state index < -0.39 is 29.0 Å². The predicted molar refractivity (Wildman–Crippen MR) is 60.4 cm³/mol. The van der Waals surface area contributed by atoms with E-state index in [1.54, 1.807) is 13.8 Å². The summed E-state index contributed by atoms with van der Waals surface area (Å²) in [5.74, 6) is -1.67. The first-order chi connectivity index (χ1) is 7.66. The molecule has 96 valence electrons. The average molecular weight is 242 g/mol. The van der Waals surface area contributed by atoms with Crippen LogP contribution in [0.2, 0.25) is 0 Å². The van der Waals surface area contributed by atoms with Gasteiger partial charge in [-0.15, -0.1) is 0 Å². The van der Waals surface area contributed by atoms with Gasteiger partial charge in [-0.1, -0.05) is 13.3 Å². The van der Waals surface area contributed by atoms with Crippen LogP contribution >= 0.6 is 0 Å². The highest BCUT2D eigenvalue weighted by atomic mass is 16.4. The van der Waals surface area contributed by atoms with Crippen molar-refractivity contribution in [3.8, 4) is 0 Å². The van der Waals surface area contributed by atoms with Crippen LogP contribution in [0.25, 0.3) is 0 Å². The number of rotatable bonds is 4. The first kappa shape index (κ1) is 13.5. The summed E-state index contributed by atoms with van der Waals surface area (Å²) >= 11 is 0. The molecule has 0 radical (unpaired) electrons. The van der Waals surface area contributed by atoms with Gasteiger partial charge in [0.25, 0.3) is 5.91 Å². The molecule has 1 saturated heterocycles. The summed E-state index contributed by atoms with van der Waals surface area (Å²) in [6.07, 6.45) is 0.803. The van der Waals surface area contributed by atoms with E-state index in [4.69, 9.17) is 0 Å². The summed E-state index contributed by atoms with van der Waals surface area (Å²) < 4.78 is 0. The first-order valence-electron chi connectivity index (χ1n) is 5.57. The van der Waals surface area contributed by atoms with Gasteiger partial charge in [0, 0.05) is 0 Å².